The molecule has 0 aliphatic heterocycles. The number of aromatic nitrogens is 5. The van der Waals surface area contributed by atoms with Crippen LogP contribution in [0, 0.1) is 13.8 Å². The molecule has 0 saturated carbocycles. The zero-order valence-electron chi connectivity index (χ0n) is 20.1. The minimum absolute atomic E-state index is 0.0467. The first-order valence-electron chi connectivity index (χ1n) is 11.4. The molecule has 2 heterocycles. The van der Waals surface area contributed by atoms with Crippen molar-refractivity contribution >= 4 is 10.9 Å². The maximum Gasteiger partial charge on any atom is 0.252 e. The Labute approximate surface area is 194 Å². The van der Waals surface area contributed by atoms with Crippen LogP contribution in [0.3, 0.4) is 0 Å². The Bertz CT molecular complexity index is 1300. The molecule has 0 fully saturated rings. The molecule has 0 aliphatic rings. The van der Waals surface area contributed by atoms with E-state index >= 15 is 0 Å². The first-order valence-corrected chi connectivity index (χ1v) is 11.4. The molecule has 33 heavy (non-hydrogen) atoms. The predicted molar refractivity (Wildman–Crippen MR) is 131 cm³/mol. The third-order valence-electron chi connectivity index (χ3n) is 5.86. The molecule has 7 heteroatoms. The fourth-order valence-corrected chi connectivity index (χ4v) is 4.26. The molecule has 4 aromatic rings. The van der Waals surface area contributed by atoms with E-state index in [0.717, 1.165) is 40.8 Å². The van der Waals surface area contributed by atoms with Crippen LogP contribution in [0.25, 0.3) is 10.9 Å². The normalized spacial score (nSPS) is 12.1. The van der Waals surface area contributed by atoms with Crippen molar-refractivity contribution in [1.82, 2.24) is 30.1 Å². The third-order valence-corrected chi connectivity index (χ3v) is 5.86. The van der Waals surface area contributed by atoms with Crippen molar-refractivity contribution in [2.24, 2.45) is 0 Å². The van der Waals surface area contributed by atoms with Gasteiger partial charge in [0.05, 0.1) is 17.6 Å². The first kappa shape index (κ1) is 22.9. The largest absolute Gasteiger partial charge is 0.321 e. The summed E-state index contributed by atoms with van der Waals surface area (Å²) in [6, 6.07) is 16.6. The maximum atomic E-state index is 13.0. The molecular weight excluding hydrogens is 412 g/mol. The molecule has 0 radical (unpaired) electrons. The SMILES string of the molecule is Cc1cc(C)c2[nH]c(=O)c(CN(CCc3ccccc3)Cc3nnnn3C(C)(C)C)cc2c1. The lowest BCUT2D eigenvalue weighted by Gasteiger charge is -2.25. The minimum Gasteiger partial charge on any atom is -0.321 e. The number of tetrazole rings is 1. The van der Waals surface area contributed by atoms with Crippen molar-refractivity contribution in [3.63, 3.8) is 0 Å². The van der Waals surface area contributed by atoms with Crippen LogP contribution >= 0.6 is 0 Å². The second-order valence-corrected chi connectivity index (χ2v) is 9.79. The average molecular weight is 445 g/mol. The van der Waals surface area contributed by atoms with Crippen LogP contribution in [0.15, 0.2) is 53.3 Å². The van der Waals surface area contributed by atoms with Gasteiger partial charge in [-0.15, -0.1) is 5.10 Å². The van der Waals surface area contributed by atoms with E-state index in [9.17, 15) is 4.79 Å². The lowest BCUT2D eigenvalue weighted by atomic mass is 10.0. The van der Waals surface area contributed by atoms with Crippen LogP contribution in [0.1, 0.15) is 48.8 Å². The number of benzene rings is 2. The molecule has 2 aromatic heterocycles. The molecule has 0 bridgehead atoms. The highest BCUT2D eigenvalue weighted by Crippen LogP contribution is 2.20. The van der Waals surface area contributed by atoms with E-state index in [4.69, 9.17) is 0 Å². The molecule has 0 saturated heterocycles. The van der Waals surface area contributed by atoms with Gasteiger partial charge in [-0.05, 0) is 80.1 Å². The van der Waals surface area contributed by atoms with Crippen molar-refractivity contribution in [2.45, 2.75) is 59.7 Å². The van der Waals surface area contributed by atoms with Crippen LogP contribution in [-0.2, 0) is 25.0 Å². The number of aromatic amines is 1. The molecular formula is C26H32N6O. The molecule has 4 rings (SSSR count). The van der Waals surface area contributed by atoms with Gasteiger partial charge in [-0.2, -0.15) is 0 Å². The summed E-state index contributed by atoms with van der Waals surface area (Å²) in [5.41, 5.74) is 4.91. The smallest absolute Gasteiger partial charge is 0.252 e. The number of rotatable bonds is 7. The molecule has 2 aromatic carbocycles. The van der Waals surface area contributed by atoms with E-state index in [-0.39, 0.29) is 11.1 Å². The van der Waals surface area contributed by atoms with Gasteiger partial charge in [0, 0.05) is 18.7 Å². The van der Waals surface area contributed by atoms with Gasteiger partial charge in [-0.1, -0.05) is 42.0 Å². The summed E-state index contributed by atoms with van der Waals surface area (Å²) >= 11 is 0. The van der Waals surface area contributed by atoms with Gasteiger partial charge < -0.3 is 4.98 Å². The van der Waals surface area contributed by atoms with Gasteiger partial charge >= 0.3 is 0 Å². The highest BCUT2D eigenvalue weighted by Gasteiger charge is 2.22. The summed E-state index contributed by atoms with van der Waals surface area (Å²) in [6.45, 7) is 12.2. The fraction of sp³-hybridized carbons (Fsp3) is 0.385. The summed E-state index contributed by atoms with van der Waals surface area (Å²) in [7, 11) is 0. The number of hydrogen-bond donors (Lipinski definition) is 1. The van der Waals surface area contributed by atoms with Crippen LogP contribution in [-0.4, -0.2) is 36.6 Å². The van der Waals surface area contributed by atoms with E-state index in [1.54, 1.807) is 0 Å². The first-order chi connectivity index (χ1) is 15.7. The molecule has 7 nitrogen and oxygen atoms in total. The Kier molecular flexibility index (Phi) is 6.42. The molecule has 0 spiro atoms. The Hall–Kier alpha value is -3.32. The number of fused-ring (bicyclic) bond motifs is 1. The summed E-state index contributed by atoms with van der Waals surface area (Å²) in [5.74, 6) is 0.791. The Morgan fingerprint density at radius 2 is 1.79 bits per heavy atom. The quantitative estimate of drug-likeness (QED) is 0.464. The van der Waals surface area contributed by atoms with Crippen molar-refractivity contribution in [2.75, 3.05) is 6.54 Å². The number of pyridine rings is 1. The highest BCUT2D eigenvalue weighted by molar-refractivity contribution is 5.82. The minimum atomic E-state index is -0.223. The van der Waals surface area contributed by atoms with E-state index in [1.807, 2.05) is 23.7 Å². The number of H-pyrrole nitrogens is 1. The van der Waals surface area contributed by atoms with Gasteiger partial charge in [0.1, 0.15) is 0 Å². The van der Waals surface area contributed by atoms with Crippen LogP contribution in [0.5, 0.6) is 0 Å². The van der Waals surface area contributed by atoms with E-state index in [0.29, 0.717) is 13.1 Å². The van der Waals surface area contributed by atoms with Crippen LogP contribution in [0.4, 0.5) is 0 Å². The molecule has 0 aliphatic carbocycles. The number of nitrogens with one attached hydrogen (secondary N) is 1. The van der Waals surface area contributed by atoms with E-state index < -0.39 is 0 Å². The molecule has 0 atom stereocenters. The zero-order chi connectivity index (χ0) is 23.6. The standard InChI is InChI=1S/C26H32N6O/c1-18-13-19(2)24-21(14-18)15-22(25(33)27-24)16-31(12-11-20-9-7-6-8-10-20)17-23-28-29-30-32(23)26(3,4)5/h6-10,13-15H,11-12,16-17H2,1-5H3,(H,27,33). The van der Waals surface area contributed by atoms with Gasteiger partial charge in [-0.3, -0.25) is 9.69 Å². The number of nitrogens with zero attached hydrogens (tertiary/aromatic N) is 5. The van der Waals surface area contributed by atoms with Crippen LogP contribution in [0.2, 0.25) is 0 Å². The lowest BCUT2D eigenvalue weighted by Crippen LogP contribution is -2.32. The number of hydrogen-bond acceptors (Lipinski definition) is 5. The van der Waals surface area contributed by atoms with E-state index in [1.165, 1.54) is 11.1 Å². The Morgan fingerprint density at radius 1 is 1.03 bits per heavy atom. The second-order valence-electron chi connectivity index (χ2n) is 9.79. The summed E-state index contributed by atoms with van der Waals surface area (Å²) in [4.78, 5) is 18.3. The maximum absolute atomic E-state index is 13.0. The Morgan fingerprint density at radius 3 is 2.52 bits per heavy atom. The molecule has 0 unspecified atom stereocenters. The fourth-order valence-electron chi connectivity index (χ4n) is 4.26. The van der Waals surface area contributed by atoms with Gasteiger partial charge in [0.2, 0.25) is 0 Å². The second kappa shape index (κ2) is 9.27. The topological polar surface area (TPSA) is 79.7 Å². The predicted octanol–water partition coefficient (Wildman–Crippen LogP) is 4.13. The zero-order valence-corrected chi connectivity index (χ0v) is 20.1. The summed E-state index contributed by atoms with van der Waals surface area (Å²) in [6.07, 6.45) is 0.877. The lowest BCUT2D eigenvalue weighted by molar-refractivity contribution is 0.234. The van der Waals surface area contributed by atoms with Gasteiger partial charge in [0.25, 0.3) is 5.56 Å². The third kappa shape index (κ3) is 5.37. The van der Waals surface area contributed by atoms with Crippen molar-refractivity contribution < 1.29 is 0 Å². The van der Waals surface area contributed by atoms with Crippen molar-refractivity contribution in [1.29, 1.82) is 0 Å². The van der Waals surface area contributed by atoms with Gasteiger partial charge in [-0.25, -0.2) is 4.68 Å². The highest BCUT2D eigenvalue weighted by atomic mass is 16.1. The average Bonchev–Trinajstić information content (AvgIpc) is 3.23. The van der Waals surface area contributed by atoms with Crippen molar-refractivity contribution in [3.8, 4) is 0 Å². The monoisotopic (exact) mass is 444 g/mol. The molecule has 172 valence electrons. The van der Waals surface area contributed by atoms with Crippen molar-refractivity contribution in [3.05, 3.63) is 87.0 Å². The summed E-state index contributed by atoms with van der Waals surface area (Å²) in [5, 5.41) is 13.5. The molecule has 0 amide bonds. The molecule has 1 N–H and O–H groups in total. The Balaban J connectivity index is 1.65. The van der Waals surface area contributed by atoms with E-state index in [2.05, 4.69) is 89.5 Å². The summed E-state index contributed by atoms with van der Waals surface area (Å²) < 4.78 is 1.86. The van der Waals surface area contributed by atoms with Crippen LogP contribution < -0.4 is 5.56 Å². The number of aryl methyl sites for hydroxylation is 2. The van der Waals surface area contributed by atoms with Gasteiger partial charge in [0.15, 0.2) is 5.82 Å².